The lowest BCUT2D eigenvalue weighted by atomic mass is 10.1. The van der Waals surface area contributed by atoms with E-state index in [1.165, 1.54) is 19.3 Å². The van der Waals surface area contributed by atoms with Gasteiger partial charge in [0.2, 0.25) is 0 Å². The molecule has 3 nitrogen and oxygen atoms in total. The summed E-state index contributed by atoms with van der Waals surface area (Å²) in [7, 11) is 0. The summed E-state index contributed by atoms with van der Waals surface area (Å²) in [5, 5.41) is 0. The molecular formula is C20H23NO2. The van der Waals surface area contributed by atoms with Crippen molar-refractivity contribution in [1.82, 2.24) is 4.90 Å². The fourth-order valence-corrected chi connectivity index (χ4v) is 2.89. The maximum absolute atomic E-state index is 12.3. The number of hydrogen-bond acceptors (Lipinski definition) is 3. The molecule has 0 bridgehead atoms. The number of carbonyl (C=O) groups excluding carboxylic acids is 1. The third kappa shape index (κ3) is 4.67. The molecule has 120 valence electrons. The Kier molecular flexibility index (Phi) is 5.43. The number of ether oxygens (including phenoxy) is 1. The van der Waals surface area contributed by atoms with Gasteiger partial charge in [-0.05, 0) is 55.8 Å². The molecule has 23 heavy (non-hydrogen) atoms. The molecule has 0 aromatic heterocycles. The van der Waals surface area contributed by atoms with Crippen molar-refractivity contribution in [3.05, 3.63) is 65.7 Å². The zero-order valence-corrected chi connectivity index (χ0v) is 13.4. The molecule has 2 aromatic rings. The maximum atomic E-state index is 12.3. The summed E-state index contributed by atoms with van der Waals surface area (Å²) >= 11 is 0. The first kappa shape index (κ1) is 15.8. The molecule has 0 saturated carbocycles. The summed E-state index contributed by atoms with van der Waals surface area (Å²) in [6.45, 7) is 3.17. The minimum atomic E-state index is 0.196. The number of likely N-dealkylation sites (tertiary alicyclic amines) is 1. The molecule has 0 amide bonds. The van der Waals surface area contributed by atoms with Gasteiger partial charge in [0.05, 0.1) is 6.54 Å². The number of piperidine rings is 1. The van der Waals surface area contributed by atoms with Crippen LogP contribution in [0, 0.1) is 0 Å². The predicted molar refractivity (Wildman–Crippen MR) is 91.8 cm³/mol. The standard InChI is InChI=1S/C20H23NO2/c22-20(15-21-13-5-2-6-14-21)18-9-11-19(12-10-18)23-16-17-7-3-1-4-8-17/h1,3-4,7-12H,2,5-6,13-16H2. The Morgan fingerprint density at radius 1 is 0.913 bits per heavy atom. The molecule has 0 aliphatic carbocycles. The number of Topliss-reactive ketones (excluding diaryl/α,β-unsaturated/α-hetero) is 1. The topological polar surface area (TPSA) is 29.5 Å². The van der Waals surface area contributed by atoms with Crippen LogP contribution >= 0.6 is 0 Å². The lowest BCUT2D eigenvalue weighted by Gasteiger charge is -2.25. The van der Waals surface area contributed by atoms with Crippen LogP contribution in [0.5, 0.6) is 5.75 Å². The first-order chi connectivity index (χ1) is 11.3. The summed E-state index contributed by atoms with van der Waals surface area (Å²) in [4.78, 5) is 14.6. The van der Waals surface area contributed by atoms with Crippen molar-refractivity contribution in [2.24, 2.45) is 0 Å². The predicted octanol–water partition coefficient (Wildman–Crippen LogP) is 3.93. The van der Waals surface area contributed by atoms with E-state index in [4.69, 9.17) is 4.74 Å². The molecule has 0 spiro atoms. The quantitative estimate of drug-likeness (QED) is 0.757. The van der Waals surface area contributed by atoms with Crippen molar-refractivity contribution >= 4 is 5.78 Å². The van der Waals surface area contributed by atoms with Gasteiger partial charge in [0.15, 0.2) is 5.78 Å². The molecule has 2 aromatic carbocycles. The first-order valence-corrected chi connectivity index (χ1v) is 8.33. The van der Waals surface area contributed by atoms with Crippen LogP contribution in [0.4, 0.5) is 0 Å². The molecule has 0 atom stereocenters. The Labute approximate surface area is 137 Å². The highest BCUT2D eigenvalue weighted by atomic mass is 16.5. The molecule has 0 unspecified atom stereocenters. The highest BCUT2D eigenvalue weighted by Crippen LogP contribution is 2.16. The van der Waals surface area contributed by atoms with Crippen LogP contribution in [-0.4, -0.2) is 30.3 Å². The maximum Gasteiger partial charge on any atom is 0.176 e. The van der Waals surface area contributed by atoms with E-state index in [-0.39, 0.29) is 5.78 Å². The van der Waals surface area contributed by atoms with Gasteiger partial charge >= 0.3 is 0 Å². The highest BCUT2D eigenvalue weighted by molar-refractivity contribution is 5.97. The molecule has 0 radical (unpaired) electrons. The largest absolute Gasteiger partial charge is 0.489 e. The van der Waals surface area contributed by atoms with Crippen molar-refractivity contribution in [1.29, 1.82) is 0 Å². The van der Waals surface area contributed by atoms with E-state index in [2.05, 4.69) is 4.90 Å². The second-order valence-electron chi connectivity index (χ2n) is 6.06. The van der Waals surface area contributed by atoms with E-state index in [0.29, 0.717) is 13.2 Å². The smallest absolute Gasteiger partial charge is 0.176 e. The number of rotatable bonds is 6. The van der Waals surface area contributed by atoms with E-state index in [1.54, 1.807) is 0 Å². The van der Waals surface area contributed by atoms with Crippen LogP contribution in [0.15, 0.2) is 54.6 Å². The number of hydrogen-bond donors (Lipinski definition) is 0. The van der Waals surface area contributed by atoms with Crippen LogP contribution in [0.3, 0.4) is 0 Å². The van der Waals surface area contributed by atoms with Crippen molar-refractivity contribution in [3.63, 3.8) is 0 Å². The van der Waals surface area contributed by atoms with Crippen molar-refractivity contribution < 1.29 is 9.53 Å². The summed E-state index contributed by atoms with van der Waals surface area (Å²) in [5.41, 5.74) is 1.90. The molecule has 3 heteroatoms. The van der Waals surface area contributed by atoms with Gasteiger partial charge in [0.1, 0.15) is 12.4 Å². The second kappa shape index (κ2) is 7.93. The molecule has 0 N–H and O–H groups in total. The average Bonchev–Trinajstić information content (AvgIpc) is 2.62. The zero-order valence-electron chi connectivity index (χ0n) is 13.4. The van der Waals surface area contributed by atoms with E-state index in [1.807, 2.05) is 54.6 Å². The van der Waals surface area contributed by atoms with E-state index in [9.17, 15) is 4.79 Å². The molecule has 1 fully saturated rings. The summed E-state index contributed by atoms with van der Waals surface area (Å²) in [6.07, 6.45) is 3.71. The van der Waals surface area contributed by atoms with E-state index < -0.39 is 0 Å². The molecule has 1 saturated heterocycles. The number of carbonyl (C=O) groups is 1. The SMILES string of the molecule is O=C(CN1CCCCC1)c1ccc(OCc2ccccc2)cc1. The van der Waals surface area contributed by atoms with Gasteiger partial charge in [-0.25, -0.2) is 0 Å². The summed E-state index contributed by atoms with van der Waals surface area (Å²) < 4.78 is 5.76. The number of nitrogens with zero attached hydrogens (tertiary/aromatic N) is 1. The minimum Gasteiger partial charge on any atom is -0.489 e. The Balaban J connectivity index is 1.52. The van der Waals surface area contributed by atoms with Gasteiger partial charge in [0, 0.05) is 5.56 Å². The number of benzene rings is 2. The Hall–Kier alpha value is -2.13. The number of ketones is 1. The van der Waals surface area contributed by atoms with Crippen LogP contribution in [0.1, 0.15) is 35.2 Å². The van der Waals surface area contributed by atoms with Gasteiger partial charge in [-0.3, -0.25) is 9.69 Å². The van der Waals surface area contributed by atoms with E-state index >= 15 is 0 Å². The van der Waals surface area contributed by atoms with Gasteiger partial charge in [-0.2, -0.15) is 0 Å². The fraction of sp³-hybridized carbons (Fsp3) is 0.350. The molecule has 1 aliphatic heterocycles. The second-order valence-corrected chi connectivity index (χ2v) is 6.06. The lowest BCUT2D eigenvalue weighted by molar-refractivity contribution is 0.0915. The summed E-state index contributed by atoms with van der Waals surface area (Å²) in [5.74, 6) is 0.991. The Bertz CT molecular complexity index is 616. The lowest BCUT2D eigenvalue weighted by Crippen LogP contribution is -2.34. The van der Waals surface area contributed by atoms with Gasteiger partial charge < -0.3 is 4.74 Å². The molecule has 1 heterocycles. The fourth-order valence-electron chi connectivity index (χ4n) is 2.89. The monoisotopic (exact) mass is 309 g/mol. The van der Waals surface area contributed by atoms with Crippen molar-refractivity contribution in [3.8, 4) is 5.75 Å². The normalized spacial score (nSPS) is 15.3. The average molecular weight is 309 g/mol. The Morgan fingerprint density at radius 3 is 2.30 bits per heavy atom. The van der Waals surface area contributed by atoms with Gasteiger partial charge in [0.25, 0.3) is 0 Å². The third-order valence-electron chi connectivity index (χ3n) is 4.24. The van der Waals surface area contributed by atoms with Crippen molar-refractivity contribution in [2.75, 3.05) is 19.6 Å². The molecule has 1 aliphatic rings. The Morgan fingerprint density at radius 2 is 1.61 bits per heavy atom. The van der Waals surface area contributed by atoms with Crippen molar-refractivity contribution in [2.45, 2.75) is 25.9 Å². The highest BCUT2D eigenvalue weighted by Gasteiger charge is 2.15. The van der Waals surface area contributed by atoms with Crippen LogP contribution in [0.2, 0.25) is 0 Å². The van der Waals surface area contributed by atoms with Gasteiger partial charge in [-0.15, -0.1) is 0 Å². The molecular weight excluding hydrogens is 286 g/mol. The van der Waals surface area contributed by atoms with Gasteiger partial charge in [-0.1, -0.05) is 36.8 Å². The molecule has 3 rings (SSSR count). The zero-order chi connectivity index (χ0) is 15.9. The van der Waals surface area contributed by atoms with Crippen LogP contribution < -0.4 is 4.74 Å². The van der Waals surface area contributed by atoms with E-state index in [0.717, 1.165) is 30.0 Å². The van der Waals surface area contributed by atoms with Crippen LogP contribution in [-0.2, 0) is 6.61 Å². The minimum absolute atomic E-state index is 0.196. The van der Waals surface area contributed by atoms with Crippen LogP contribution in [0.25, 0.3) is 0 Å². The summed E-state index contributed by atoms with van der Waals surface area (Å²) in [6, 6.07) is 17.6. The first-order valence-electron chi connectivity index (χ1n) is 8.33. The third-order valence-corrected chi connectivity index (χ3v) is 4.24.